The first kappa shape index (κ1) is 15.3. The lowest BCUT2D eigenvalue weighted by atomic mass is 10.1. The van der Waals surface area contributed by atoms with Crippen molar-refractivity contribution in [3.05, 3.63) is 70.9 Å². The summed E-state index contributed by atoms with van der Waals surface area (Å²) in [5.41, 5.74) is 5.87. The minimum Gasteiger partial charge on any atom is -0.358 e. The first-order valence-corrected chi connectivity index (χ1v) is 8.02. The Kier molecular flexibility index (Phi) is 4.47. The van der Waals surface area contributed by atoms with E-state index in [2.05, 4.69) is 41.5 Å². The Morgan fingerprint density at radius 3 is 2.74 bits per heavy atom. The zero-order valence-electron chi connectivity index (χ0n) is 13.6. The van der Waals surface area contributed by atoms with Crippen molar-refractivity contribution < 1.29 is 4.79 Å². The van der Waals surface area contributed by atoms with E-state index in [1.165, 1.54) is 22.2 Å². The SMILES string of the molecule is Cc1cccc(CC(=O)NCCc2c(C)[nH]c3ccccc23)c1. The van der Waals surface area contributed by atoms with Crippen LogP contribution in [0.3, 0.4) is 0 Å². The first-order chi connectivity index (χ1) is 11.1. The van der Waals surface area contributed by atoms with Crippen molar-refractivity contribution in [1.29, 1.82) is 0 Å². The molecular formula is C20H22N2O. The number of aryl methyl sites for hydroxylation is 2. The number of aromatic nitrogens is 1. The Hall–Kier alpha value is -2.55. The Bertz CT molecular complexity index is 833. The molecule has 3 aromatic rings. The summed E-state index contributed by atoms with van der Waals surface area (Å²) in [6.45, 7) is 4.79. The summed E-state index contributed by atoms with van der Waals surface area (Å²) in [5, 5.41) is 4.28. The fraction of sp³-hybridized carbons (Fsp3) is 0.250. The average Bonchev–Trinajstić information content (AvgIpc) is 2.83. The lowest BCUT2D eigenvalue weighted by Crippen LogP contribution is -2.27. The molecule has 0 saturated heterocycles. The third-order valence-corrected chi connectivity index (χ3v) is 4.17. The lowest BCUT2D eigenvalue weighted by Gasteiger charge is -2.06. The van der Waals surface area contributed by atoms with Gasteiger partial charge >= 0.3 is 0 Å². The zero-order valence-corrected chi connectivity index (χ0v) is 13.6. The highest BCUT2D eigenvalue weighted by molar-refractivity contribution is 5.84. The van der Waals surface area contributed by atoms with Gasteiger partial charge in [-0.05, 0) is 37.5 Å². The molecule has 0 fully saturated rings. The van der Waals surface area contributed by atoms with Gasteiger partial charge in [0, 0.05) is 23.1 Å². The molecule has 23 heavy (non-hydrogen) atoms. The molecule has 2 N–H and O–H groups in total. The number of carbonyl (C=O) groups is 1. The van der Waals surface area contributed by atoms with Crippen molar-refractivity contribution in [2.24, 2.45) is 0 Å². The molecule has 1 amide bonds. The largest absolute Gasteiger partial charge is 0.358 e. The third-order valence-electron chi connectivity index (χ3n) is 4.17. The van der Waals surface area contributed by atoms with Crippen LogP contribution in [-0.2, 0) is 17.6 Å². The molecular weight excluding hydrogens is 284 g/mol. The van der Waals surface area contributed by atoms with Crippen LogP contribution in [0.25, 0.3) is 10.9 Å². The van der Waals surface area contributed by atoms with E-state index < -0.39 is 0 Å². The van der Waals surface area contributed by atoms with Crippen LogP contribution in [0.5, 0.6) is 0 Å². The molecule has 118 valence electrons. The van der Waals surface area contributed by atoms with Gasteiger partial charge in [-0.3, -0.25) is 4.79 Å². The van der Waals surface area contributed by atoms with Crippen LogP contribution in [0.15, 0.2) is 48.5 Å². The Morgan fingerprint density at radius 2 is 1.91 bits per heavy atom. The maximum Gasteiger partial charge on any atom is 0.224 e. The van der Waals surface area contributed by atoms with Gasteiger partial charge in [-0.1, -0.05) is 48.0 Å². The number of fused-ring (bicyclic) bond motifs is 1. The number of benzene rings is 2. The van der Waals surface area contributed by atoms with Crippen molar-refractivity contribution in [2.45, 2.75) is 26.7 Å². The number of aromatic amines is 1. The second-order valence-electron chi connectivity index (χ2n) is 6.04. The number of rotatable bonds is 5. The van der Waals surface area contributed by atoms with E-state index in [1.54, 1.807) is 0 Å². The average molecular weight is 306 g/mol. The second-order valence-corrected chi connectivity index (χ2v) is 6.04. The minimum atomic E-state index is 0.0769. The quantitative estimate of drug-likeness (QED) is 0.742. The summed E-state index contributed by atoms with van der Waals surface area (Å²) in [4.78, 5) is 15.5. The number of hydrogen-bond donors (Lipinski definition) is 2. The van der Waals surface area contributed by atoms with E-state index in [9.17, 15) is 4.79 Å². The van der Waals surface area contributed by atoms with E-state index in [-0.39, 0.29) is 5.91 Å². The maximum absolute atomic E-state index is 12.1. The molecule has 0 spiro atoms. The number of para-hydroxylation sites is 1. The Morgan fingerprint density at radius 1 is 1.09 bits per heavy atom. The van der Waals surface area contributed by atoms with E-state index >= 15 is 0 Å². The summed E-state index contributed by atoms with van der Waals surface area (Å²) >= 11 is 0. The van der Waals surface area contributed by atoms with Crippen molar-refractivity contribution in [1.82, 2.24) is 10.3 Å². The fourth-order valence-corrected chi connectivity index (χ4v) is 3.05. The van der Waals surface area contributed by atoms with Gasteiger partial charge in [-0.15, -0.1) is 0 Å². The molecule has 0 bridgehead atoms. The standard InChI is InChI=1S/C20H22N2O/c1-14-6-5-7-16(12-14)13-20(23)21-11-10-17-15(2)22-19-9-4-3-8-18(17)19/h3-9,12,22H,10-11,13H2,1-2H3,(H,21,23). The van der Waals surface area contributed by atoms with Gasteiger partial charge in [0.05, 0.1) is 6.42 Å². The maximum atomic E-state index is 12.1. The predicted molar refractivity (Wildman–Crippen MR) is 94.6 cm³/mol. The van der Waals surface area contributed by atoms with Crippen molar-refractivity contribution in [3.8, 4) is 0 Å². The summed E-state index contributed by atoms with van der Waals surface area (Å²) in [5.74, 6) is 0.0769. The van der Waals surface area contributed by atoms with Crippen LogP contribution in [-0.4, -0.2) is 17.4 Å². The molecule has 0 saturated carbocycles. The molecule has 3 heteroatoms. The number of hydrogen-bond acceptors (Lipinski definition) is 1. The van der Waals surface area contributed by atoms with Crippen molar-refractivity contribution in [2.75, 3.05) is 6.54 Å². The van der Waals surface area contributed by atoms with Crippen molar-refractivity contribution in [3.63, 3.8) is 0 Å². The van der Waals surface area contributed by atoms with Crippen LogP contribution in [0.2, 0.25) is 0 Å². The molecule has 0 aliphatic carbocycles. The van der Waals surface area contributed by atoms with Gasteiger partial charge in [-0.25, -0.2) is 0 Å². The van der Waals surface area contributed by atoms with Crippen molar-refractivity contribution >= 4 is 16.8 Å². The molecule has 0 atom stereocenters. The summed E-state index contributed by atoms with van der Waals surface area (Å²) in [7, 11) is 0. The number of carbonyl (C=O) groups excluding carboxylic acids is 1. The molecule has 2 aromatic carbocycles. The van der Waals surface area contributed by atoms with E-state index in [0.717, 1.165) is 17.5 Å². The van der Waals surface area contributed by atoms with Gasteiger partial charge in [0.1, 0.15) is 0 Å². The second kappa shape index (κ2) is 6.69. The van der Waals surface area contributed by atoms with E-state index in [0.29, 0.717) is 13.0 Å². The highest BCUT2D eigenvalue weighted by atomic mass is 16.1. The summed E-state index contributed by atoms with van der Waals surface area (Å²) < 4.78 is 0. The van der Waals surface area contributed by atoms with Crippen LogP contribution < -0.4 is 5.32 Å². The number of amides is 1. The lowest BCUT2D eigenvalue weighted by molar-refractivity contribution is -0.120. The smallest absolute Gasteiger partial charge is 0.224 e. The van der Waals surface area contributed by atoms with Gasteiger partial charge in [0.2, 0.25) is 5.91 Å². The summed E-state index contributed by atoms with van der Waals surface area (Å²) in [6, 6.07) is 16.4. The Balaban J connectivity index is 1.58. The van der Waals surface area contributed by atoms with Gasteiger partial charge in [-0.2, -0.15) is 0 Å². The van der Waals surface area contributed by atoms with Crippen LogP contribution >= 0.6 is 0 Å². The fourth-order valence-electron chi connectivity index (χ4n) is 3.05. The number of nitrogens with one attached hydrogen (secondary N) is 2. The molecule has 1 heterocycles. The Labute approximate surface area is 136 Å². The highest BCUT2D eigenvalue weighted by Crippen LogP contribution is 2.21. The topological polar surface area (TPSA) is 44.9 Å². The predicted octanol–water partition coefficient (Wildman–Crippen LogP) is 3.69. The first-order valence-electron chi connectivity index (χ1n) is 8.02. The molecule has 0 aliphatic heterocycles. The van der Waals surface area contributed by atoms with Gasteiger partial charge in [0.25, 0.3) is 0 Å². The normalized spacial score (nSPS) is 10.9. The molecule has 0 aliphatic rings. The van der Waals surface area contributed by atoms with E-state index in [4.69, 9.17) is 0 Å². The molecule has 0 radical (unpaired) electrons. The monoisotopic (exact) mass is 306 g/mol. The zero-order chi connectivity index (χ0) is 16.2. The van der Waals surface area contributed by atoms with Crippen LogP contribution in [0, 0.1) is 13.8 Å². The molecule has 3 rings (SSSR count). The summed E-state index contributed by atoms with van der Waals surface area (Å²) in [6.07, 6.45) is 1.28. The third kappa shape index (κ3) is 3.62. The molecule has 3 nitrogen and oxygen atoms in total. The molecule has 0 unspecified atom stereocenters. The number of H-pyrrole nitrogens is 1. The van der Waals surface area contributed by atoms with Gasteiger partial charge < -0.3 is 10.3 Å². The van der Waals surface area contributed by atoms with Crippen LogP contribution in [0.4, 0.5) is 0 Å². The molecule has 1 aromatic heterocycles. The van der Waals surface area contributed by atoms with Crippen LogP contribution in [0.1, 0.15) is 22.4 Å². The highest BCUT2D eigenvalue weighted by Gasteiger charge is 2.08. The van der Waals surface area contributed by atoms with Gasteiger partial charge in [0.15, 0.2) is 0 Å². The minimum absolute atomic E-state index is 0.0769. The van der Waals surface area contributed by atoms with E-state index in [1.807, 2.05) is 31.2 Å².